The maximum Gasteiger partial charge on any atom is 0.267 e. The number of thioether (sulfide) groups is 1. The van der Waals surface area contributed by atoms with Gasteiger partial charge in [0, 0.05) is 34.6 Å². The summed E-state index contributed by atoms with van der Waals surface area (Å²) in [5, 5.41) is 24.9. The topological polar surface area (TPSA) is 128 Å². The maximum atomic E-state index is 12.6. The average Bonchev–Trinajstić information content (AvgIpc) is 3.74. The molecule has 2 amide bonds. The predicted octanol–water partition coefficient (Wildman–Crippen LogP) is 5.32. The number of nitrogens with one attached hydrogen (secondary N) is 2. The van der Waals surface area contributed by atoms with Gasteiger partial charge in [0.15, 0.2) is 12.2 Å². The highest BCUT2D eigenvalue weighted by atomic mass is 79.9. The van der Waals surface area contributed by atoms with Crippen molar-refractivity contribution in [2.45, 2.75) is 37.9 Å². The Balaban J connectivity index is 0.886. The molecule has 10 nitrogen and oxygen atoms in total. The molecule has 212 valence electrons. The van der Waals surface area contributed by atoms with Gasteiger partial charge in [0.25, 0.3) is 11.8 Å². The second-order valence-electron chi connectivity index (χ2n) is 9.22. The van der Waals surface area contributed by atoms with Crippen molar-refractivity contribution in [1.82, 2.24) is 20.4 Å². The van der Waals surface area contributed by atoms with Gasteiger partial charge in [-0.1, -0.05) is 54.5 Å². The SMILES string of the molecule is O=C(Nc1nnc(CCSCCc2nnc(NC(=O)C3Cc4cc(Br)ccc4O3)s2)s1)C1Cc2cc(Br)ccc2O1. The van der Waals surface area contributed by atoms with E-state index < -0.39 is 12.2 Å². The molecule has 0 spiro atoms. The lowest BCUT2D eigenvalue weighted by atomic mass is 10.1. The van der Waals surface area contributed by atoms with Crippen molar-refractivity contribution in [3.63, 3.8) is 0 Å². The molecule has 6 rings (SSSR count). The summed E-state index contributed by atoms with van der Waals surface area (Å²) in [6.45, 7) is 0. The van der Waals surface area contributed by atoms with Crippen LogP contribution < -0.4 is 20.1 Å². The summed E-state index contributed by atoms with van der Waals surface area (Å²) in [7, 11) is 0. The summed E-state index contributed by atoms with van der Waals surface area (Å²) in [5.41, 5.74) is 2.00. The molecule has 2 aliphatic heterocycles. The highest BCUT2D eigenvalue weighted by molar-refractivity contribution is 9.10. The Hall–Kier alpha value is -2.59. The molecule has 2 unspecified atom stereocenters. The van der Waals surface area contributed by atoms with Gasteiger partial charge in [-0.2, -0.15) is 11.8 Å². The Kier molecular flexibility index (Phi) is 8.86. The van der Waals surface area contributed by atoms with Crippen molar-refractivity contribution in [3.05, 3.63) is 66.5 Å². The van der Waals surface area contributed by atoms with E-state index in [-0.39, 0.29) is 11.8 Å². The van der Waals surface area contributed by atoms with E-state index >= 15 is 0 Å². The van der Waals surface area contributed by atoms with Crippen LogP contribution in [0.3, 0.4) is 0 Å². The molecule has 4 aromatic rings. The van der Waals surface area contributed by atoms with Gasteiger partial charge in [-0.25, -0.2) is 0 Å². The summed E-state index contributed by atoms with van der Waals surface area (Å²) < 4.78 is 13.5. The molecular formula is C26H22Br2N6O4S3. The molecule has 0 saturated carbocycles. The van der Waals surface area contributed by atoms with E-state index in [1.165, 1.54) is 22.7 Å². The van der Waals surface area contributed by atoms with E-state index in [0.29, 0.717) is 23.1 Å². The Labute approximate surface area is 264 Å². The highest BCUT2D eigenvalue weighted by Gasteiger charge is 2.31. The molecule has 0 bridgehead atoms. The first-order chi connectivity index (χ1) is 19.9. The van der Waals surface area contributed by atoms with Crippen molar-refractivity contribution in [3.8, 4) is 11.5 Å². The van der Waals surface area contributed by atoms with Gasteiger partial charge in [-0.3, -0.25) is 20.2 Å². The Morgan fingerprint density at radius 2 is 1.24 bits per heavy atom. The number of benzene rings is 2. The van der Waals surface area contributed by atoms with Crippen molar-refractivity contribution in [1.29, 1.82) is 0 Å². The van der Waals surface area contributed by atoms with Crippen LogP contribution in [0.15, 0.2) is 45.3 Å². The minimum atomic E-state index is -0.577. The van der Waals surface area contributed by atoms with Crippen molar-refractivity contribution in [2.24, 2.45) is 0 Å². The number of hydrogen-bond acceptors (Lipinski definition) is 11. The number of anilines is 2. The number of aromatic nitrogens is 4. The van der Waals surface area contributed by atoms with Gasteiger partial charge >= 0.3 is 0 Å². The van der Waals surface area contributed by atoms with Crippen LogP contribution in [0.1, 0.15) is 21.1 Å². The molecule has 2 aromatic heterocycles. The third-order valence-corrected chi connectivity index (χ3v) is 10.1. The molecule has 0 saturated heterocycles. The minimum absolute atomic E-state index is 0.226. The zero-order valence-electron chi connectivity index (χ0n) is 21.3. The van der Waals surface area contributed by atoms with Crippen LogP contribution in [0.25, 0.3) is 0 Å². The molecule has 2 atom stereocenters. The number of halogens is 2. The van der Waals surface area contributed by atoms with Crippen LogP contribution in [0.4, 0.5) is 10.3 Å². The molecule has 4 heterocycles. The van der Waals surface area contributed by atoms with Crippen molar-refractivity contribution < 1.29 is 19.1 Å². The second-order valence-corrected chi connectivity index (χ2v) is 14.4. The van der Waals surface area contributed by atoms with E-state index in [2.05, 4.69) is 62.9 Å². The number of rotatable bonds is 10. The number of nitrogens with zero attached hydrogens (tertiary/aromatic N) is 4. The minimum Gasteiger partial charge on any atom is -0.480 e. The van der Waals surface area contributed by atoms with Crippen LogP contribution in [-0.2, 0) is 35.3 Å². The molecule has 15 heteroatoms. The number of carbonyl (C=O) groups is 2. The van der Waals surface area contributed by atoms with E-state index in [1.54, 1.807) is 11.8 Å². The van der Waals surface area contributed by atoms with Crippen molar-refractivity contribution >= 4 is 88.4 Å². The molecule has 2 aromatic carbocycles. The predicted molar refractivity (Wildman–Crippen MR) is 166 cm³/mol. The molecule has 0 radical (unpaired) electrons. The first-order valence-electron chi connectivity index (χ1n) is 12.6. The summed E-state index contributed by atoms with van der Waals surface area (Å²) in [6.07, 6.45) is 1.38. The zero-order valence-corrected chi connectivity index (χ0v) is 26.9. The maximum absolute atomic E-state index is 12.6. The number of hydrogen-bond donors (Lipinski definition) is 2. The average molecular weight is 739 g/mol. The summed E-state index contributed by atoms with van der Waals surface area (Å²) in [5.74, 6) is 2.73. The Morgan fingerprint density at radius 1 is 0.780 bits per heavy atom. The van der Waals surface area contributed by atoms with Crippen LogP contribution in [0.5, 0.6) is 11.5 Å². The van der Waals surface area contributed by atoms with Gasteiger partial charge in [0.1, 0.15) is 21.5 Å². The number of aryl methyl sites for hydroxylation is 2. The first kappa shape index (κ1) is 28.5. The normalized spacial score (nSPS) is 16.9. The fraction of sp³-hybridized carbons (Fsp3) is 0.308. The van der Waals surface area contributed by atoms with Crippen LogP contribution in [0, 0.1) is 0 Å². The second kappa shape index (κ2) is 12.7. The van der Waals surface area contributed by atoms with E-state index in [0.717, 1.165) is 65.9 Å². The van der Waals surface area contributed by atoms with Crippen LogP contribution in [0.2, 0.25) is 0 Å². The van der Waals surface area contributed by atoms with E-state index in [4.69, 9.17) is 9.47 Å². The highest BCUT2D eigenvalue weighted by Crippen LogP contribution is 2.33. The Morgan fingerprint density at radius 3 is 1.71 bits per heavy atom. The Bertz CT molecular complexity index is 1480. The molecule has 2 aliphatic rings. The summed E-state index contributed by atoms with van der Waals surface area (Å²) in [4.78, 5) is 25.3. The van der Waals surface area contributed by atoms with Gasteiger partial charge in [0.2, 0.25) is 10.3 Å². The monoisotopic (exact) mass is 736 g/mol. The number of fused-ring (bicyclic) bond motifs is 2. The third-order valence-electron chi connectivity index (χ3n) is 6.29. The quantitative estimate of drug-likeness (QED) is 0.208. The smallest absolute Gasteiger partial charge is 0.267 e. The lowest BCUT2D eigenvalue weighted by molar-refractivity contribution is -0.122. The van der Waals surface area contributed by atoms with Gasteiger partial charge < -0.3 is 9.47 Å². The van der Waals surface area contributed by atoms with Crippen LogP contribution >= 0.6 is 66.3 Å². The number of carbonyl (C=O) groups excluding carboxylic acids is 2. The largest absolute Gasteiger partial charge is 0.480 e. The van der Waals surface area contributed by atoms with Gasteiger partial charge in [-0.15, -0.1) is 20.4 Å². The lowest BCUT2D eigenvalue weighted by Gasteiger charge is -2.08. The number of amides is 2. The molecule has 0 fully saturated rings. The standard InChI is InChI=1S/C26H22Br2N6O4S3/c27-15-1-3-17-13(9-15)11-19(37-17)23(35)29-25-33-31-21(40-25)5-7-39-8-6-22-32-34-26(41-22)30-24(36)20-12-14-10-16(28)2-4-18(14)38-20/h1-4,9-10,19-20H,5-8,11-12H2,(H,29,33,35)(H,30,34,36). The van der Waals surface area contributed by atoms with E-state index in [1.807, 2.05) is 36.4 Å². The molecule has 2 N–H and O–H groups in total. The van der Waals surface area contributed by atoms with Crippen LogP contribution in [-0.4, -0.2) is 55.9 Å². The molecular weight excluding hydrogens is 716 g/mol. The number of ether oxygens (including phenoxy) is 2. The van der Waals surface area contributed by atoms with Gasteiger partial charge in [-0.05, 0) is 59.0 Å². The third kappa shape index (κ3) is 7.08. The van der Waals surface area contributed by atoms with Crippen molar-refractivity contribution in [2.75, 3.05) is 22.1 Å². The molecule has 0 aliphatic carbocycles. The fourth-order valence-corrected chi connectivity index (χ4v) is 7.77. The van der Waals surface area contributed by atoms with Gasteiger partial charge in [0.05, 0.1) is 0 Å². The van der Waals surface area contributed by atoms with E-state index in [9.17, 15) is 9.59 Å². The summed E-state index contributed by atoms with van der Waals surface area (Å²) in [6, 6.07) is 11.4. The fourth-order valence-electron chi connectivity index (χ4n) is 4.33. The molecule has 41 heavy (non-hydrogen) atoms. The summed E-state index contributed by atoms with van der Waals surface area (Å²) >= 11 is 11.4. The first-order valence-corrected chi connectivity index (χ1v) is 17.0. The zero-order chi connectivity index (χ0) is 28.3. The lowest BCUT2D eigenvalue weighted by Crippen LogP contribution is -2.31.